The van der Waals surface area contributed by atoms with Crippen LogP contribution in [0.15, 0.2) is 23.1 Å². The molecule has 0 spiro atoms. The molecule has 2 N–H and O–H groups in total. The van der Waals surface area contributed by atoms with Crippen LogP contribution in [0.5, 0.6) is 0 Å². The summed E-state index contributed by atoms with van der Waals surface area (Å²) in [5.41, 5.74) is 1.27. The molecule has 2 aliphatic heterocycles. The van der Waals surface area contributed by atoms with E-state index < -0.39 is 0 Å². The first-order chi connectivity index (χ1) is 10.5. The van der Waals surface area contributed by atoms with Crippen molar-refractivity contribution in [3.8, 4) is 0 Å². The number of carbonyl (C=O) groups is 2. The van der Waals surface area contributed by atoms with Gasteiger partial charge in [0.2, 0.25) is 5.91 Å². The molecular formula is C16H20N2O3S. The molecule has 0 aromatic heterocycles. The largest absolute Gasteiger partial charge is 0.376 e. The van der Waals surface area contributed by atoms with Crippen molar-refractivity contribution in [2.24, 2.45) is 0 Å². The van der Waals surface area contributed by atoms with Crippen LogP contribution in [0.1, 0.15) is 37.0 Å². The minimum absolute atomic E-state index is 0.0185. The number of benzene rings is 1. The molecule has 2 amide bonds. The third-order valence-electron chi connectivity index (χ3n) is 4.05. The summed E-state index contributed by atoms with van der Waals surface area (Å²) in [6, 6.07) is 5.41. The average Bonchev–Trinajstić information content (AvgIpc) is 3.02. The van der Waals surface area contributed by atoms with Crippen LogP contribution in [0, 0.1) is 0 Å². The van der Waals surface area contributed by atoms with E-state index in [1.807, 2.05) is 19.9 Å². The predicted octanol–water partition coefficient (Wildman–Crippen LogP) is 2.42. The molecule has 0 radical (unpaired) electrons. The second-order valence-corrected chi connectivity index (χ2v) is 7.16. The lowest BCUT2D eigenvalue weighted by Gasteiger charge is -2.23. The van der Waals surface area contributed by atoms with E-state index in [-0.39, 0.29) is 29.2 Å². The van der Waals surface area contributed by atoms with E-state index in [1.54, 1.807) is 12.1 Å². The average molecular weight is 320 g/mol. The standard InChI is InChI=1S/C16H20N2O3S/c1-9(13-4-3-7-21-13)17-16(20)11-5-6-14-12(8-11)18-15(19)10(2)22-14/h5-6,8-10,13H,3-4,7H2,1-2H3,(H,17,20)(H,18,19). The molecule has 1 fully saturated rings. The van der Waals surface area contributed by atoms with Crippen LogP contribution >= 0.6 is 11.8 Å². The number of rotatable bonds is 3. The Morgan fingerprint density at radius 3 is 3.05 bits per heavy atom. The number of hydrogen-bond donors (Lipinski definition) is 2. The molecule has 118 valence electrons. The summed E-state index contributed by atoms with van der Waals surface area (Å²) in [5.74, 6) is -0.161. The van der Waals surface area contributed by atoms with Gasteiger partial charge in [0.15, 0.2) is 0 Å². The van der Waals surface area contributed by atoms with E-state index in [4.69, 9.17) is 4.74 Å². The highest BCUT2D eigenvalue weighted by molar-refractivity contribution is 8.00. The van der Waals surface area contributed by atoms with Gasteiger partial charge in [0.05, 0.1) is 23.1 Å². The number of hydrogen-bond acceptors (Lipinski definition) is 4. The van der Waals surface area contributed by atoms with Gasteiger partial charge in [-0.25, -0.2) is 0 Å². The summed E-state index contributed by atoms with van der Waals surface area (Å²) >= 11 is 1.51. The molecule has 2 heterocycles. The summed E-state index contributed by atoms with van der Waals surface area (Å²) in [6.07, 6.45) is 2.12. The Hall–Kier alpha value is -1.53. The van der Waals surface area contributed by atoms with E-state index in [2.05, 4.69) is 10.6 Å². The fraction of sp³-hybridized carbons (Fsp3) is 0.500. The minimum Gasteiger partial charge on any atom is -0.376 e. The quantitative estimate of drug-likeness (QED) is 0.897. The van der Waals surface area contributed by atoms with E-state index in [0.29, 0.717) is 11.3 Å². The number of amides is 2. The first-order valence-corrected chi connectivity index (χ1v) is 8.46. The number of nitrogens with one attached hydrogen (secondary N) is 2. The molecule has 1 aromatic rings. The second-order valence-electron chi connectivity index (χ2n) is 5.77. The maximum Gasteiger partial charge on any atom is 0.251 e. The highest BCUT2D eigenvalue weighted by atomic mass is 32.2. The van der Waals surface area contributed by atoms with Crippen molar-refractivity contribution in [1.29, 1.82) is 0 Å². The molecule has 3 unspecified atom stereocenters. The normalized spacial score (nSPS) is 25.3. The lowest BCUT2D eigenvalue weighted by Crippen LogP contribution is -2.40. The number of anilines is 1. The first-order valence-electron chi connectivity index (χ1n) is 7.58. The Kier molecular flexibility index (Phi) is 4.40. The van der Waals surface area contributed by atoms with E-state index in [9.17, 15) is 9.59 Å². The second kappa shape index (κ2) is 6.30. The van der Waals surface area contributed by atoms with Gasteiger partial charge in [-0.3, -0.25) is 9.59 Å². The zero-order valence-corrected chi connectivity index (χ0v) is 13.5. The Bertz CT molecular complexity index is 599. The van der Waals surface area contributed by atoms with Crippen LogP contribution in [-0.4, -0.2) is 35.8 Å². The Labute approximate surface area is 134 Å². The number of carbonyl (C=O) groups excluding carboxylic acids is 2. The lowest BCUT2D eigenvalue weighted by molar-refractivity contribution is -0.115. The van der Waals surface area contributed by atoms with Gasteiger partial charge in [-0.15, -0.1) is 11.8 Å². The summed E-state index contributed by atoms with van der Waals surface area (Å²) in [6.45, 7) is 4.60. The topological polar surface area (TPSA) is 67.4 Å². The van der Waals surface area contributed by atoms with Crippen molar-refractivity contribution in [3.05, 3.63) is 23.8 Å². The molecule has 3 rings (SSSR count). The van der Waals surface area contributed by atoms with Crippen molar-refractivity contribution in [2.45, 2.75) is 49.0 Å². The SMILES string of the molecule is CC1Sc2ccc(C(=O)NC(C)C3CCCO3)cc2NC1=O. The third kappa shape index (κ3) is 3.13. The van der Waals surface area contributed by atoms with Gasteiger partial charge in [0, 0.05) is 17.1 Å². The highest BCUT2D eigenvalue weighted by Gasteiger charge is 2.26. The molecule has 2 aliphatic rings. The Morgan fingerprint density at radius 1 is 1.50 bits per heavy atom. The van der Waals surface area contributed by atoms with Gasteiger partial charge >= 0.3 is 0 Å². The van der Waals surface area contributed by atoms with Crippen LogP contribution in [-0.2, 0) is 9.53 Å². The summed E-state index contributed by atoms with van der Waals surface area (Å²) in [7, 11) is 0. The smallest absolute Gasteiger partial charge is 0.251 e. The van der Waals surface area contributed by atoms with E-state index >= 15 is 0 Å². The molecule has 0 bridgehead atoms. The van der Waals surface area contributed by atoms with Gasteiger partial charge < -0.3 is 15.4 Å². The zero-order valence-electron chi connectivity index (χ0n) is 12.7. The van der Waals surface area contributed by atoms with Crippen LogP contribution in [0.3, 0.4) is 0 Å². The summed E-state index contributed by atoms with van der Waals surface area (Å²) in [5, 5.41) is 5.73. The van der Waals surface area contributed by atoms with Gasteiger partial charge in [-0.2, -0.15) is 0 Å². The molecule has 6 heteroatoms. The van der Waals surface area contributed by atoms with Crippen molar-refractivity contribution in [1.82, 2.24) is 5.32 Å². The minimum atomic E-state index is -0.135. The summed E-state index contributed by atoms with van der Waals surface area (Å²) in [4.78, 5) is 25.1. The molecule has 22 heavy (non-hydrogen) atoms. The molecule has 3 atom stereocenters. The van der Waals surface area contributed by atoms with Crippen molar-refractivity contribution < 1.29 is 14.3 Å². The Balaban J connectivity index is 1.70. The van der Waals surface area contributed by atoms with Gasteiger partial charge in [-0.1, -0.05) is 0 Å². The van der Waals surface area contributed by atoms with Crippen LogP contribution in [0.25, 0.3) is 0 Å². The summed E-state index contributed by atoms with van der Waals surface area (Å²) < 4.78 is 5.59. The van der Waals surface area contributed by atoms with Crippen LogP contribution in [0.4, 0.5) is 5.69 Å². The van der Waals surface area contributed by atoms with Gasteiger partial charge in [0.25, 0.3) is 5.91 Å². The first kappa shape index (κ1) is 15.4. The molecule has 5 nitrogen and oxygen atoms in total. The zero-order chi connectivity index (χ0) is 15.7. The van der Waals surface area contributed by atoms with Crippen molar-refractivity contribution in [2.75, 3.05) is 11.9 Å². The van der Waals surface area contributed by atoms with Gasteiger partial charge in [-0.05, 0) is 44.9 Å². The molecular weight excluding hydrogens is 300 g/mol. The number of ether oxygens (including phenoxy) is 1. The van der Waals surface area contributed by atoms with Gasteiger partial charge in [0.1, 0.15) is 0 Å². The molecule has 0 saturated carbocycles. The highest BCUT2D eigenvalue weighted by Crippen LogP contribution is 2.35. The fourth-order valence-corrected chi connectivity index (χ4v) is 3.66. The molecule has 1 aromatic carbocycles. The fourth-order valence-electron chi connectivity index (χ4n) is 2.73. The monoisotopic (exact) mass is 320 g/mol. The van der Waals surface area contributed by atoms with Crippen LogP contribution in [0.2, 0.25) is 0 Å². The van der Waals surface area contributed by atoms with E-state index in [0.717, 1.165) is 24.3 Å². The van der Waals surface area contributed by atoms with Crippen LogP contribution < -0.4 is 10.6 Å². The molecule has 1 saturated heterocycles. The maximum absolute atomic E-state index is 12.4. The Morgan fingerprint density at radius 2 is 2.32 bits per heavy atom. The predicted molar refractivity (Wildman–Crippen MR) is 86.3 cm³/mol. The van der Waals surface area contributed by atoms with Crippen molar-refractivity contribution >= 4 is 29.3 Å². The third-order valence-corrected chi connectivity index (χ3v) is 5.23. The maximum atomic E-state index is 12.4. The number of thioether (sulfide) groups is 1. The number of fused-ring (bicyclic) bond motifs is 1. The van der Waals surface area contributed by atoms with E-state index in [1.165, 1.54) is 11.8 Å². The lowest BCUT2D eigenvalue weighted by atomic mass is 10.1. The molecule has 0 aliphatic carbocycles. The van der Waals surface area contributed by atoms with Crippen molar-refractivity contribution in [3.63, 3.8) is 0 Å².